The third-order valence-electron chi connectivity index (χ3n) is 4.98. The zero-order valence-electron chi connectivity index (χ0n) is 16.6. The summed E-state index contributed by atoms with van der Waals surface area (Å²) >= 11 is 3.53. The number of fused-ring (bicyclic) bond motifs is 1. The van der Waals surface area contributed by atoms with Crippen molar-refractivity contribution < 1.29 is 13.2 Å². The Labute approximate surface area is 179 Å². The molecule has 1 N–H and O–H groups in total. The number of benzene rings is 2. The van der Waals surface area contributed by atoms with Crippen LogP contribution in [0.15, 0.2) is 57.9 Å². The summed E-state index contributed by atoms with van der Waals surface area (Å²) in [5.41, 5.74) is 2.34. The molecule has 0 aliphatic heterocycles. The van der Waals surface area contributed by atoms with E-state index < -0.39 is 10.0 Å². The van der Waals surface area contributed by atoms with Crippen molar-refractivity contribution in [1.29, 1.82) is 0 Å². The highest BCUT2D eigenvalue weighted by atomic mass is 79.9. The molecule has 1 amide bonds. The van der Waals surface area contributed by atoms with Gasteiger partial charge in [-0.05, 0) is 39.7 Å². The molecule has 8 heteroatoms. The quantitative estimate of drug-likeness (QED) is 0.560. The van der Waals surface area contributed by atoms with Gasteiger partial charge in [-0.15, -0.1) is 0 Å². The maximum absolute atomic E-state index is 12.8. The van der Waals surface area contributed by atoms with Gasteiger partial charge in [0.05, 0.1) is 9.37 Å². The van der Waals surface area contributed by atoms with Gasteiger partial charge in [0, 0.05) is 37.6 Å². The number of hydrogen-bond acceptors (Lipinski definition) is 3. The van der Waals surface area contributed by atoms with Crippen molar-refractivity contribution in [3.05, 3.63) is 64.3 Å². The summed E-state index contributed by atoms with van der Waals surface area (Å²) in [5.74, 6) is -0.199. The Bertz CT molecular complexity index is 1090. The number of carbonyl (C=O) groups is 1. The van der Waals surface area contributed by atoms with Crippen LogP contribution in [0.3, 0.4) is 0 Å². The number of rotatable bonds is 7. The monoisotopic (exact) mass is 477 g/mol. The first-order chi connectivity index (χ1) is 13.8. The number of aromatic nitrogens is 1. The molecule has 1 heterocycles. The van der Waals surface area contributed by atoms with Gasteiger partial charge in [0.25, 0.3) is 5.91 Å². The Morgan fingerprint density at radius 3 is 2.28 bits per heavy atom. The first-order valence-corrected chi connectivity index (χ1v) is 11.6. The molecule has 2 aromatic carbocycles. The number of carbonyl (C=O) groups excluding carboxylic acids is 1. The zero-order chi connectivity index (χ0) is 21.2. The summed E-state index contributed by atoms with van der Waals surface area (Å²) in [6, 6.07) is 14.4. The van der Waals surface area contributed by atoms with Gasteiger partial charge >= 0.3 is 0 Å². The van der Waals surface area contributed by atoms with E-state index in [1.165, 1.54) is 4.31 Å². The van der Waals surface area contributed by atoms with Gasteiger partial charge in [0.2, 0.25) is 10.0 Å². The Hall–Kier alpha value is -2.16. The number of halogens is 1. The van der Waals surface area contributed by atoms with Crippen molar-refractivity contribution in [3.8, 4) is 0 Å². The SMILES string of the molecule is CCN(CC)S(=O)(=O)c1ccc(CNC(=O)c2c(Br)c3ccccc3n2C)cc1. The lowest BCUT2D eigenvalue weighted by atomic mass is 10.2. The number of sulfonamides is 1. The highest BCUT2D eigenvalue weighted by Gasteiger charge is 2.22. The maximum Gasteiger partial charge on any atom is 0.269 e. The van der Waals surface area contributed by atoms with Crippen LogP contribution >= 0.6 is 15.9 Å². The van der Waals surface area contributed by atoms with Gasteiger partial charge in [-0.1, -0.05) is 44.2 Å². The molecule has 0 unspecified atom stereocenters. The van der Waals surface area contributed by atoms with Gasteiger partial charge < -0.3 is 9.88 Å². The predicted octanol–water partition coefficient (Wildman–Crippen LogP) is 3.90. The zero-order valence-corrected chi connectivity index (χ0v) is 19.0. The van der Waals surface area contributed by atoms with Crippen LogP contribution in [0.4, 0.5) is 0 Å². The molecular formula is C21H24BrN3O3S. The van der Waals surface area contributed by atoms with Crippen molar-refractivity contribution in [2.75, 3.05) is 13.1 Å². The molecule has 154 valence electrons. The van der Waals surface area contributed by atoms with E-state index in [4.69, 9.17) is 0 Å². The van der Waals surface area contributed by atoms with Gasteiger partial charge in [-0.3, -0.25) is 4.79 Å². The molecule has 29 heavy (non-hydrogen) atoms. The largest absolute Gasteiger partial charge is 0.347 e. The first-order valence-electron chi connectivity index (χ1n) is 9.41. The second-order valence-corrected chi connectivity index (χ2v) is 9.39. The lowest BCUT2D eigenvalue weighted by Crippen LogP contribution is -2.30. The second-order valence-electron chi connectivity index (χ2n) is 6.65. The van der Waals surface area contributed by atoms with Crippen LogP contribution in [0.2, 0.25) is 0 Å². The fourth-order valence-corrected chi connectivity index (χ4v) is 5.60. The van der Waals surface area contributed by atoms with Crippen LogP contribution in [-0.2, 0) is 23.6 Å². The Balaban J connectivity index is 1.75. The molecule has 0 fully saturated rings. The highest BCUT2D eigenvalue weighted by molar-refractivity contribution is 9.10. The smallest absolute Gasteiger partial charge is 0.269 e. The maximum atomic E-state index is 12.8. The van der Waals surface area contributed by atoms with E-state index in [0.717, 1.165) is 20.9 Å². The number of amides is 1. The normalized spacial score (nSPS) is 11.9. The lowest BCUT2D eigenvalue weighted by molar-refractivity contribution is 0.0942. The minimum Gasteiger partial charge on any atom is -0.347 e. The Morgan fingerprint density at radius 1 is 1.07 bits per heavy atom. The fourth-order valence-electron chi connectivity index (χ4n) is 3.36. The molecule has 0 bridgehead atoms. The number of para-hydroxylation sites is 1. The molecule has 3 rings (SSSR count). The third-order valence-corrected chi connectivity index (χ3v) is 7.85. The molecule has 3 aromatic rings. The van der Waals surface area contributed by atoms with Crippen molar-refractivity contribution in [1.82, 2.24) is 14.2 Å². The van der Waals surface area contributed by atoms with E-state index >= 15 is 0 Å². The van der Waals surface area contributed by atoms with Crippen LogP contribution in [0.1, 0.15) is 29.9 Å². The summed E-state index contributed by atoms with van der Waals surface area (Å²) in [6.45, 7) is 4.79. The van der Waals surface area contributed by atoms with E-state index in [1.807, 2.05) is 49.7 Å². The van der Waals surface area contributed by atoms with Crippen molar-refractivity contribution in [2.45, 2.75) is 25.3 Å². The fraction of sp³-hybridized carbons (Fsp3) is 0.286. The summed E-state index contributed by atoms with van der Waals surface area (Å²) in [7, 11) is -1.63. The van der Waals surface area contributed by atoms with E-state index in [0.29, 0.717) is 25.3 Å². The molecule has 0 spiro atoms. The second kappa shape index (κ2) is 8.69. The third kappa shape index (κ3) is 4.10. The minimum atomic E-state index is -3.48. The summed E-state index contributed by atoms with van der Waals surface area (Å²) in [5, 5.41) is 3.89. The topological polar surface area (TPSA) is 71.4 Å². The summed E-state index contributed by atoms with van der Waals surface area (Å²) in [6.07, 6.45) is 0. The first kappa shape index (κ1) is 21.5. The number of aryl methyl sites for hydroxylation is 1. The molecule has 0 aliphatic carbocycles. The lowest BCUT2D eigenvalue weighted by Gasteiger charge is -2.18. The van der Waals surface area contributed by atoms with Gasteiger partial charge in [-0.25, -0.2) is 8.42 Å². The Kier molecular flexibility index (Phi) is 6.45. The molecule has 0 saturated heterocycles. The van der Waals surface area contributed by atoms with Crippen LogP contribution in [0.25, 0.3) is 10.9 Å². The molecule has 0 aliphatic rings. The van der Waals surface area contributed by atoms with E-state index in [-0.39, 0.29) is 10.8 Å². The molecule has 0 atom stereocenters. The molecule has 6 nitrogen and oxygen atoms in total. The van der Waals surface area contributed by atoms with Gasteiger partial charge in [0.15, 0.2) is 0 Å². The van der Waals surface area contributed by atoms with Gasteiger partial charge in [0.1, 0.15) is 5.69 Å². The standard InChI is InChI=1S/C21H24BrN3O3S/c1-4-25(5-2)29(27,28)16-12-10-15(11-13-16)14-23-21(26)20-19(22)17-8-6-7-9-18(17)24(20)3/h6-13H,4-5,14H2,1-3H3,(H,23,26). The molecule has 0 radical (unpaired) electrons. The number of nitrogens with one attached hydrogen (secondary N) is 1. The van der Waals surface area contributed by atoms with Crippen molar-refractivity contribution >= 4 is 42.8 Å². The summed E-state index contributed by atoms with van der Waals surface area (Å²) in [4.78, 5) is 13.0. The number of nitrogens with zero attached hydrogens (tertiary/aromatic N) is 2. The average molecular weight is 478 g/mol. The number of hydrogen-bond donors (Lipinski definition) is 1. The van der Waals surface area contributed by atoms with E-state index in [1.54, 1.807) is 24.3 Å². The van der Waals surface area contributed by atoms with Crippen LogP contribution in [-0.4, -0.2) is 36.3 Å². The van der Waals surface area contributed by atoms with Crippen LogP contribution < -0.4 is 5.32 Å². The van der Waals surface area contributed by atoms with Crippen LogP contribution in [0, 0.1) is 0 Å². The molecular weight excluding hydrogens is 454 g/mol. The molecule has 1 aromatic heterocycles. The van der Waals surface area contributed by atoms with E-state index in [9.17, 15) is 13.2 Å². The predicted molar refractivity (Wildman–Crippen MR) is 118 cm³/mol. The molecule has 0 saturated carbocycles. The van der Waals surface area contributed by atoms with Crippen LogP contribution in [0.5, 0.6) is 0 Å². The average Bonchev–Trinajstić information content (AvgIpc) is 2.98. The van der Waals surface area contributed by atoms with Gasteiger partial charge in [-0.2, -0.15) is 4.31 Å². The minimum absolute atomic E-state index is 0.199. The van der Waals surface area contributed by atoms with Crippen molar-refractivity contribution in [3.63, 3.8) is 0 Å². The van der Waals surface area contributed by atoms with Crippen molar-refractivity contribution in [2.24, 2.45) is 7.05 Å². The van der Waals surface area contributed by atoms with E-state index in [2.05, 4.69) is 21.2 Å². The Morgan fingerprint density at radius 2 is 1.69 bits per heavy atom. The summed E-state index contributed by atoms with van der Waals surface area (Å²) < 4.78 is 29.2. The highest BCUT2D eigenvalue weighted by Crippen LogP contribution is 2.30.